The number of allylic oxidation sites excluding steroid dienone is 4. The predicted molar refractivity (Wildman–Crippen MR) is 256 cm³/mol. The molecule has 0 amide bonds. The molecule has 1 heterocycles. The number of rotatable bonds is 46. The molecule has 0 bridgehead atoms. The summed E-state index contributed by atoms with van der Waals surface area (Å²) in [5, 5.41) is 40.2. The second-order valence-corrected chi connectivity index (χ2v) is 18.3. The average Bonchev–Trinajstić information content (AvgIpc) is 3.27. The van der Waals surface area contributed by atoms with Gasteiger partial charge in [0.15, 0.2) is 6.29 Å². The predicted octanol–water partition coefficient (Wildman–Crippen LogP) is 12.9. The minimum absolute atomic E-state index is 0.115. The normalized spacial score (nSPS) is 19.9. The molecular formula is C53H100O9. The highest BCUT2D eigenvalue weighted by Gasteiger charge is 2.44. The number of carbonyl (C=O) groups excluding carboxylic acids is 1. The van der Waals surface area contributed by atoms with Crippen LogP contribution in [0.4, 0.5) is 0 Å². The maximum atomic E-state index is 12.8. The number of unbranched alkanes of at least 4 members (excludes halogenated alkanes) is 31. The highest BCUT2D eigenvalue weighted by molar-refractivity contribution is 5.69. The van der Waals surface area contributed by atoms with Gasteiger partial charge in [-0.15, -0.1) is 0 Å². The second-order valence-electron chi connectivity index (χ2n) is 18.3. The molecule has 1 aliphatic heterocycles. The Hall–Kier alpha value is -1.33. The van der Waals surface area contributed by atoms with Crippen LogP contribution in [-0.2, 0) is 23.7 Å². The summed E-state index contributed by atoms with van der Waals surface area (Å²) < 4.78 is 22.9. The van der Waals surface area contributed by atoms with Crippen molar-refractivity contribution in [2.24, 2.45) is 0 Å². The summed E-state index contributed by atoms with van der Waals surface area (Å²) in [4.78, 5) is 12.8. The van der Waals surface area contributed by atoms with Crippen LogP contribution >= 0.6 is 0 Å². The summed E-state index contributed by atoms with van der Waals surface area (Å²) in [7, 11) is 0. The standard InChI is InChI=1S/C53H100O9/c1-3-5-7-9-11-13-15-17-19-20-21-22-23-24-25-26-27-28-29-31-33-35-37-39-41-43-59-45-47(46-60-53-52(58)51(57)50(56)48(44-54)62-53)61-49(55)42-40-38-36-34-32-30-18-16-14-12-10-8-6-4-2/h10,12,16,18,47-48,50-54,56-58H,3-9,11,13-15,17,19-46H2,1-2H3/b12-10-,18-16-. The van der Waals surface area contributed by atoms with Crippen LogP contribution < -0.4 is 0 Å². The summed E-state index contributed by atoms with van der Waals surface area (Å²) in [6.45, 7) is 4.54. The Morgan fingerprint density at radius 3 is 1.44 bits per heavy atom. The quantitative estimate of drug-likeness (QED) is 0.0268. The van der Waals surface area contributed by atoms with Gasteiger partial charge in [-0.25, -0.2) is 0 Å². The number of hydrogen-bond donors (Lipinski definition) is 4. The first kappa shape index (κ1) is 58.7. The highest BCUT2D eigenvalue weighted by atomic mass is 16.7. The molecule has 6 unspecified atom stereocenters. The fourth-order valence-corrected chi connectivity index (χ4v) is 8.22. The van der Waals surface area contributed by atoms with Crippen LogP contribution in [0.1, 0.15) is 245 Å². The van der Waals surface area contributed by atoms with E-state index >= 15 is 0 Å². The lowest BCUT2D eigenvalue weighted by Gasteiger charge is -2.39. The zero-order chi connectivity index (χ0) is 45.0. The van der Waals surface area contributed by atoms with Gasteiger partial charge in [0.05, 0.1) is 19.8 Å². The third-order valence-corrected chi connectivity index (χ3v) is 12.4. The van der Waals surface area contributed by atoms with Gasteiger partial charge in [0, 0.05) is 13.0 Å². The first-order valence-corrected chi connectivity index (χ1v) is 26.4. The van der Waals surface area contributed by atoms with E-state index in [9.17, 15) is 25.2 Å². The van der Waals surface area contributed by atoms with Gasteiger partial charge in [-0.2, -0.15) is 0 Å². The molecule has 1 rings (SSSR count). The molecular weight excluding hydrogens is 781 g/mol. The smallest absolute Gasteiger partial charge is 0.306 e. The van der Waals surface area contributed by atoms with Crippen molar-refractivity contribution >= 4 is 5.97 Å². The van der Waals surface area contributed by atoms with Crippen LogP contribution in [0, 0.1) is 0 Å². The van der Waals surface area contributed by atoms with E-state index in [4.69, 9.17) is 18.9 Å². The van der Waals surface area contributed by atoms with Crippen molar-refractivity contribution < 1.29 is 44.2 Å². The molecule has 0 aromatic heterocycles. The Labute approximate surface area is 381 Å². The van der Waals surface area contributed by atoms with E-state index in [0.29, 0.717) is 13.0 Å². The number of aliphatic hydroxyl groups excluding tert-OH is 4. The van der Waals surface area contributed by atoms with Gasteiger partial charge in [-0.05, 0) is 38.5 Å². The molecule has 0 aromatic carbocycles. The number of ether oxygens (including phenoxy) is 4. The van der Waals surface area contributed by atoms with Crippen LogP contribution in [0.5, 0.6) is 0 Å². The van der Waals surface area contributed by atoms with Crippen molar-refractivity contribution in [2.75, 3.05) is 26.4 Å². The van der Waals surface area contributed by atoms with E-state index in [0.717, 1.165) is 57.8 Å². The molecule has 4 N–H and O–H groups in total. The molecule has 1 saturated heterocycles. The molecule has 0 saturated carbocycles. The Morgan fingerprint density at radius 1 is 0.516 bits per heavy atom. The molecule has 1 aliphatic rings. The first-order valence-electron chi connectivity index (χ1n) is 26.4. The van der Waals surface area contributed by atoms with Crippen LogP contribution in [0.3, 0.4) is 0 Å². The molecule has 6 atom stereocenters. The Balaban J connectivity index is 2.14. The van der Waals surface area contributed by atoms with E-state index in [1.807, 2.05) is 0 Å². The van der Waals surface area contributed by atoms with Crippen molar-refractivity contribution in [2.45, 2.75) is 282 Å². The van der Waals surface area contributed by atoms with E-state index in [2.05, 4.69) is 38.2 Å². The molecule has 0 aromatic rings. The molecule has 0 radical (unpaired) electrons. The summed E-state index contributed by atoms with van der Waals surface area (Å²) in [5.41, 5.74) is 0. The van der Waals surface area contributed by atoms with Gasteiger partial charge >= 0.3 is 5.97 Å². The topological polar surface area (TPSA) is 135 Å². The fraction of sp³-hybridized carbons (Fsp3) is 0.906. The monoisotopic (exact) mass is 881 g/mol. The summed E-state index contributed by atoms with van der Waals surface area (Å²) in [5.74, 6) is -0.323. The Bertz CT molecular complexity index is 1000. The lowest BCUT2D eigenvalue weighted by atomic mass is 9.99. The number of carbonyl (C=O) groups is 1. The van der Waals surface area contributed by atoms with Crippen molar-refractivity contribution in [1.82, 2.24) is 0 Å². The van der Waals surface area contributed by atoms with Crippen molar-refractivity contribution in [3.8, 4) is 0 Å². The molecule has 366 valence electrons. The zero-order valence-corrected chi connectivity index (χ0v) is 40.4. The fourth-order valence-electron chi connectivity index (χ4n) is 8.22. The second kappa shape index (κ2) is 44.9. The van der Waals surface area contributed by atoms with Crippen LogP contribution in [0.25, 0.3) is 0 Å². The van der Waals surface area contributed by atoms with Crippen LogP contribution in [-0.4, -0.2) is 89.6 Å². The average molecular weight is 881 g/mol. The lowest BCUT2D eigenvalue weighted by Crippen LogP contribution is -2.59. The van der Waals surface area contributed by atoms with Crippen molar-refractivity contribution in [3.05, 3.63) is 24.3 Å². The third kappa shape index (κ3) is 35.0. The molecule has 9 nitrogen and oxygen atoms in total. The summed E-state index contributed by atoms with van der Waals surface area (Å²) in [6.07, 6.45) is 46.5. The molecule has 62 heavy (non-hydrogen) atoms. The zero-order valence-electron chi connectivity index (χ0n) is 40.4. The van der Waals surface area contributed by atoms with Gasteiger partial charge in [-0.1, -0.05) is 224 Å². The highest BCUT2D eigenvalue weighted by Crippen LogP contribution is 2.23. The molecule has 1 fully saturated rings. The van der Waals surface area contributed by atoms with Gasteiger partial charge in [0.25, 0.3) is 0 Å². The first-order chi connectivity index (χ1) is 30.4. The van der Waals surface area contributed by atoms with Gasteiger partial charge < -0.3 is 39.4 Å². The number of aliphatic hydroxyl groups is 4. The van der Waals surface area contributed by atoms with Crippen molar-refractivity contribution in [1.29, 1.82) is 0 Å². The third-order valence-electron chi connectivity index (χ3n) is 12.4. The van der Waals surface area contributed by atoms with Crippen molar-refractivity contribution in [3.63, 3.8) is 0 Å². The van der Waals surface area contributed by atoms with Gasteiger partial charge in [-0.3, -0.25) is 4.79 Å². The van der Waals surface area contributed by atoms with E-state index in [1.165, 1.54) is 167 Å². The maximum Gasteiger partial charge on any atom is 0.306 e. The summed E-state index contributed by atoms with van der Waals surface area (Å²) in [6, 6.07) is 0. The Kier molecular flexibility index (Phi) is 42.5. The van der Waals surface area contributed by atoms with Crippen LogP contribution in [0.15, 0.2) is 24.3 Å². The number of hydrogen-bond acceptors (Lipinski definition) is 9. The van der Waals surface area contributed by atoms with E-state index in [1.54, 1.807) is 0 Å². The van der Waals surface area contributed by atoms with E-state index in [-0.39, 0.29) is 19.2 Å². The molecule has 0 spiro atoms. The lowest BCUT2D eigenvalue weighted by molar-refractivity contribution is -0.305. The SMILES string of the molecule is CCCC/C=C\C/C=C\CCCCCCCC(=O)OC(COCCCCCCCCCCCCCCCCCCCCCCCCCCC)COC1OC(CO)C(O)C(O)C1O. The maximum absolute atomic E-state index is 12.8. The number of esters is 1. The van der Waals surface area contributed by atoms with Gasteiger partial charge in [0.1, 0.15) is 30.5 Å². The molecule has 0 aliphatic carbocycles. The van der Waals surface area contributed by atoms with E-state index < -0.39 is 43.4 Å². The Morgan fingerprint density at radius 2 is 0.952 bits per heavy atom. The minimum atomic E-state index is -1.54. The van der Waals surface area contributed by atoms with Crippen LogP contribution in [0.2, 0.25) is 0 Å². The van der Waals surface area contributed by atoms with Gasteiger partial charge in [0.2, 0.25) is 0 Å². The minimum Gasteiger partial charge on any atom is -0.457 e. The molecule has 9 heteroatoms. The summed E-state index contributed by atoms with van der Waals surface area (Å²) >= 11 is 0. The largest absolute Gasteiger partial charge is 0.457 e.